The highest BCUT2D eigenvalue weighted by Gasteiger charge is 2.35. The third-order valence-electron chi connectivity index (χ3n) is 4.44. The van der Waals surface area contributed by atoms with Gasteiger partial charge >= 0.3 is 5.97 Å². The summed E-state index contributed by atoms with van der Waals surface area (Å²) in [7, 11) is 0. The number of rotatable bonds is 6. The molecule has 1 fully saturated rings. The minimum absolute atomic E-state index is 0.0516. The van der Waals surface area contributed by atoms with E-state index in [0.29, 0.717) is 0 Å². The molecule has 1 heterocycles. The van der Waals surface area contributed by atoms with Crippen molar-refractivity contribution in [2.75, 3.05) is 0 Å². The van der Waals surface area contributed by atoms with Crippen molar-refractivity contribution in [2.45, 2.75) is 51.2 Å². The Kier molecular flexibility index (Phi) is 6.92. The molecule has 0 bridgehead atoms. The average molecular weight is 375 g/mol. The summed E-state index contributed by atoms with van der Waals surface area (Å²) in [5.74, 6) is -2.76. The first-order valence-corrected chi connectivity index (χ1v) is 8.94. The van der Waals surface area contributed by atoms with E-state index in [4.69, 9.17) is 5.11 Å². The first-order valence-electron chi connectivity index (χ1n) is 8.94. The van der Waals surface area contributed by atoms with E-state index in [1.807, 2.05) is 30.3 Å². The summed E-state index contributed by atoms with van der Waals surface area (Å²) in [5, 5.41) is 16.8. The van der Waals surface area contributed by atoms with Crippen molar-refractivity contribution in [1.82, 2.24) is 16.0 Å². The molecule has 8 nitrogen and oxygen atoms in total. The molecule has 0 spiro atoms. The summed E-state index contributed by atoms with van der Waals surface area (Å²) in [6, 6.07) is 6.53. The summed E-state index contributed by atoms with van der Waals surface area (Å²) < 4.78 is 0. The van der Waals surface area contributed by atoms with Gasteiger partial charge in [0.05, 0.1) is 0 Å². The number of carbonyl (C=O) groups is 4. The third kappa shape index (κ3) is 5.80. The molecule has 4 N–H and O–H groups in total. The number of aliphatic carboxylic acids is 1. The van der Waals surface area contributed by atoms with Crippen molar-refractivity contribution in [3.63, 3.8) is 0 Å². The Hall–Kier alpha value is -2.90. The molecule has 1 aromatic carbocycles. The topological polar surface area (TPSA) is 125 Å². The number of hydrogen-bond donors (Lipinski definition) is 4. The van der Waals surface area contributed by atoms with Crippen LogP contribution in [0.4, 0.5) is 0 Å². The molecule has 3 amide bonds. The van der Waals surface area contributed by atoms with Gasteiger partial charge in [0, 0.05) is 12.8 Å². The molecular weight excluding hydrogens is 350 g/mol. The SMILES string of the molecule is CC(C)C1NC(=O)C(Cc2ccccc2)NC(=O)C(CCC(=O)O)NC1=O. The van der Waals surface area contributed by atoms with Crippen molar-refractivity contribution in [3.8, 4) is 0 Å². The maximum Gasteiger partial charge on any atom is 0.303 e. The molecule has 3 atom stereocenters. The Morgan fingerprint density at radius 1 is 0.963 bits per heavy atom. The number of amides is 3. The summed E-state index contributed by atoms with van der Waals surface area (Å²) in [5.41, 5.74) is 0.861. The lowest BCUT2D eigenvalue weighted by atomic mass is 10.0. The first kappa shape index (κ1) is 20.4. The van der Waals surface area contributed by atoms with Crippen LogP contribution in [0.3, 0.4) is 0 Å². The van der Waals surface area contributed by atoms with E-state index in [-0.39, 0.29) is 25.2 Å². The molecule has 146 valence electrons. The molecule has 0 radical (unpaired) electrons. The van der Waals surface area contributed by atoms with Gasteiger partial charge in [-0.2, -0.15) is 0 Å². The second kappa shape index (κ2) is 9.16. The van der Waals surface area contributed by atoms with Crippen LogP contribution in [-0.4, -0.2) is 46.9 Å². The van der Waals surface area contributed by atoms with Crippen LogP contribution in [0.1, 0.15) is 32.3 Å². The largest absolute Gasteiger partial charge is 0.481 e. The lowest BCUT2D eigenvalue weighted by Crippen LogP contribution is -2.53. The van der Waals surface area contributed by atoms with Gasteiger partial charge in [-0.25, -0.2) is 0 Å². The minimum atomic E-state index is -1.06. The van der Waals surface area contributed by atoms with Crippen molar-refractivity contribution >= 4 is 23.7 Å². The Morgan fingerprint density at radius 2 is 1.56 bits per heavy atom. The second-order valence-electron chi connectivity index (χ2n) is 6.97. The summed E-state index contributed by atoms with van der Waals surface area (Å²) in [6.07, 6.45) is -0.0531. The highest BCUT2D eigenvalue weighted by Crippen LogP contribution is 2.10. The minimum Gasteiger partial charge on any atom is -0.481 e. The maximum absolute atomic E-state index is 12.7. The predicted octanol–water partition coefficient (Wildman–Crippen LogP) is 0.218. The summed E-state index contributed by atoms with van der Waals surface area (Å²) in [4.78, 5) is 48.7. The van der Waals surface area contributed by atoms with Gasteiger partial charge in [0.1, 0.15) is 18.1 Å². The second-order valence-corrected chi connectivity index (χ2v) is 6.97. The number of carboxylic acids is 1. The van der Waals surface area contributed by atoms with Gasteiger partial charge in [0.25, 0.3) is 0 Å². The molecule has 1 saturated heterocycles. The Bertz CT molecular complexity index is 705. The van der Waals surface area contributed by atoms with Crippen LogP contribution in [0.2, 0.25) is 0 Å². The number of carboxylic acid groups (broad SMARTS) is 1. The molecule has 0 saturated carbocycles. The molecule has 1 aromatic rings. The Labute approximate surface area is 157 Å². The standard InChI is InChI=1S/C19H25N3O5/c1-11(2)16-19(27)20-13(8-9-15(23)24)17(25)21-14(18(26)22-16)10-12-6-4-3-5-7-12/h3-7,11,13-14,16H,8-10H2,1-2H3,(H,20,27)(H,21,25)(H,22,26)(H,23,24). The van der Waals surface area contributed by atoms with Gasteiger partial charge in [0.2, 0.25) is 17.7 Å². The van der Waals surface area contributed by atoms with E-state index < -0.39 is 41.8 Å². The molecular formula is C19H25N3O5. The smallest absolute Gasteiger partial charge is 0.303 e. The highest BCUT2D eigenvalue weighted by molar-refractivity contribution is 5.97. The van der Waals surface area contributed by atoms with Crippen LogP contribution < -0.4 is 16.0 Å². The van der Waals surface area contributed by atoms with Crippen molar-refractivity contribution in [1.29, 1.82) is 0 Å². The van der Waals surface area contributed by atoms with Crippen molar-refractivity contribution < 1.29 is 24.3 Å². The monoisotopic (exact) mass is 375 g/mol. The first-order chi connectivity index (χ1) is 12.8. The number of hydrogen-bond acceptors (Lipinski definition) is 4. The molecule has 1 aliphatic heterocycles. The zero-order valence-electron chi connectivity index (χ0n) is 15.4. The van der Waals surface area contributed by atoms with E-state index in [9.17, 15) is 19.2 Å². The number of carbonyl (C=O) groups excluding carboxylic acids is 3. The van der Waals surface area contributed by atoms with E-state index >= 15 is 0 Å². The van der Waals surface area contributed by atoms with Gasteiger partial charge in [-0.15, -0.1) is 0 Å². The highest BCUT2D eigenvalue weighted by atomic mass is 16.4. The molecule has 3 unspecified atom stereocenters. The van der Waals surface area contributed by atoms with Gasteiger partial charge < -0.3 is 21.1 Å². The molecule has 0 aromatic heterocycles. The predicted molar refractivity (Wildman–Crippen MR) is 97.6 cm³/mol. The van der Waals surface area contributed by atoms with Crippen LogP contribution in [0, 0.1) is 5.92 Å². The van der Waals surface area contributed by atoms with Crippen molar-refractivity contribution in [3.05, 3.63) is 35.9 Å². The normalized spacial score (nSPS) is 23.5. The molecule has 8 heteroatoms. The fraction of sp³-hybridized carbons (Fsp3) is 0.474. The maximum atomic E-state index is 12.7. The van der Waals surface area contributed by atoms with Crippen LogP contribution >= 0.6 is 0 Å². The molecule has 0 aliphatic carbocycles. The van der Waals surface area contributed by atoms with Gasteiger partial charge in [-0.05, 0) is 17.9 Å². The van der Waals surface area contributed by atoms with Crippen LogP contribution in [0.25, 0.3) is 0 Å². The van der Waals surface area contributed by atoms with Gasteiger partial charge in [-0.1, -0.05) is 44.2 Å². The summed E-state index contributed by atoms with van der Waals surface area (Å²) >= 11 is 0. The number of nitrogens with one attached hydrogen (secondary N) is 3. The van der Waals surface area contributed by atoms with Crippen molar-refractivity contribution in [2.24, 2.45) is 5.92 Å². The third-order valence-corrected chi connectivity index (χ3v) is 4.44. The number of benzene rings is 1. The van der Waals surface area contributed by atoms with Gasteiger partial charge in [0.15, 0.2) is 0 Å². The molecule has 27 heavy (non-hydrogen) atoms. The Morgan fingerprint density at radius 3 is 2.15 bits per heavy atom. The molecule has 2 rings (SSSR count). The van der Waals surface area contributed by atoms with E-state index in [1.165, 1.54) is 0 Å². The quantitative estimate of drug-likeness (QED) is 0.566. The fourth-order valence-electron chi connectivity index (χ4n) is 2.92. The van der Waals surface area contributed by atoms with Crippen LogP contribution in [-0.2, 0) is 25.6 Å². The van der Waals surface area contributed by atoms with Gasteiger partial charge in [-0.3, -0.25) is 19.2 Å². The fourth-order valence-corrected chi connectivity index (χ4v) is 2.92. The lowest BCUT2D eigenvalue weighted by Gasteiger charge is -2.23. The average Bonchev–Trinajstić information content (AvgIpc) is 2.65. The zero-order valence-corrected chi connectivity index (χ0v) is 15.4. The van der Waals surface area contributed by atoms with E-state index in [2.05, 4.69) is 16.0 Å². The van der Waals surface area contributed by atoms with Crippen LogP contribution in [0.5, 0.6) is 0 Å². The van der Waals surface area contributed by atoms with E-state index in [0.717, 1.165) is 5.56 Å². The summed E-state index contributed by atoms with van der Waals surface area (Å²) in [6.45, 7) is 3.58. The Balaban J connectivity index is 2.27. The van der Waals surface area contributed by atoms with E-state index in [1.54, 1.807) is 13.8 Å². The molecule has 1 aliphatic rings. The van der Waals surface area contributed by atoms with Crippen LogP contribution in [0.15, 0.2) is 30.3 Å². The lowest BCUT2D eigenvalue weighted by molar-refractivity contribution is -0.138. The zero-order chi connectivity index (χ0) is 20.0.